The molecular formula is C14H19ClN4O. The molecule has 2 atom stereocenters. The summed E-state index contributed by atoms with van der Waals surface area (Å²) in [5, 5.41) is 6.42. The van der Waals surface area contributed by atoms with Crippen molar-refractivity contribution in [2.45, 2.75) is 31.3 Å². The Kier molecular flexibility index (Phi) is 3.81. The number of rotatable bonds is 3. The first-order chi connectivity index (χ1) is 9.69. The maximum atomic E-state index is 12.4. The fourth-order valence-electron chi connectivity index (χ4n) is 3.23. The monoisotopic (exact) mass is 294 g/mol. The Morgan fingerprint density at radius 1 is 1.40 bits per heavy atom. The topological polar surface area (TPSA) is 57.3 Å². The minimum Gasteiger partial charge on any atom is -0.373 e. The van der Waals surface area contributed by atoms with Crippen LogP contribution in [-0.2, 0) is 0 Å². The van der Waals surface area contributed by atoms with Crippen molar-refractivity contribution in [3.05, 3.63) is 22.8 Å². The number of hydrogen-bond acceptors (Lipinski definition) is 4. The number of carbonyl (C=O) groups excluding carboxylic acids is 1. The lowest BCUT2D eigenvalue weighted by molar-refractivity contribution is 0.0925. The van der Waals surface area contributed by atoms with Gasteiger partial charge < -0.3 is 10.6 Å². The molecule has 2 N–H and O–H groups in total. The zero-order valence-corrected chi connectivity index (χ0v) is 12.3. The number of nitrogens with zero attached hydrogens (tertiary/aromatic N) is 2. The van der Waals surface area contributed by atoms with Gasteiger partial charge in [0, 0.05) is 25.7 Å². The Labute approximate surface area is 123 Å². The lowest BCUT2D eigenvalue weighted by atomic mass is 10.1. The third kappa shape index (κ3) is 2.47. The summed E-state index contributed by atoms with van der Waals surface area (Å²) in [6, 6.07) is 4.17. The van der Waals surface area contributed by atoms with Gasteiger partial charge in [-0.25, -0.2) is 4.98 Å². The molecular weight excluding hydrogens is 276 g/mol. The number of amides is 1. The predicted molar refractivity (Wildman–Crippen MR) is 79.3 cm³/mol. The van der Waals surface area contributed by atoms with E-state index in [0.717, 1.165) is 19.5 Å². The molecule has 0 aliphatic carbocycles. The fourth-order valence-corrected chi connectivity index (χ4v) is 3.42. The second kappa shape index (κ2) is 5.58. The summed E-state index contributed by atoms with van der Waals surface area (Å²) in [4.78, 5) is 19.1. The lowest BCUT2D eigenvalue weighted by Gasteiger charge is -2.21. The SMILES string of the molecule is CNc1ccc(Cl)c(C(=O)NC2CCN3CCCC23)n1. The first-order valence-electron chi connectivity index (χ1n) is 7.08. The smallest absolute Gasteiger partial charge is 0.271 e. The van der Waals surface area contributed by atoms with Crippen LogP contribution in [0.3, 0.4) is 0 Å². The van der Waals surface area contributed by atoms with Gasteiger partial charge in [0.2, 0.25) is 0 Å². The van der Waals surface area contributed by atoms with Crippen LogP contribution in [0.2, 0.25) is 5.02 Å². The highest BCUT2D eigenvalue weighted by atomic mass is 35.5. The Hall–Kier alpha value is -1.33. The van der Waals surface area contributed by atoms with Gasteiger partial charge in [-0.3, -0.25) is 9.69 Å². The van der Waals surface area contributed by atoms with Crippen LogP contribution in [0.5, 0.6) is 0 Å². The van der Waals surface area contributed by atoms with Gasteiger partial charge >= 0.3 is 0 Å². The molecule has 3 heterocycles. The molecule has 0 spiro atoms. The van der Waals surface area contributed by atoms with E-state index in [-0.39, 0.29) is 11.9 Å². The Morgan fingerprint density at radius 3 is 3.05 bits per heavy atom. The Morgan fingerprint density at radius 2 is 2.25 bits per heavy atom. The zero-order chi connectivity index (χ0) is 14.1. The maximum Gasteiger partial charge on any atom is 0.271 e. The third-order valence-corrected chi connectivity index (χ3v) is 4.54. The maximum absolute atomic E-state index is 12.4. The van der Waals surface area contributed by atoms with Gasteiger partial charge in [0.25, 0.3) is 5.91 Å². The van der Waals surface area contributed by atoms with Crippen molar-refractivity contribution < 1.29 is 4.79 Å². The quantitative estimate of drug-likeness (QED) is 0.892. The molecule has 2 aliphatic heterocycles. The number of aromatic nitrogens is 1. The van der Waals surface area contributed by atoms with Crippen LogP contribution in [0, 0.1) is 0 Å². The molecule has 2 unspecified atom stereocenters. The molecule has 0 aromatic carbocycles. The molecule has 1 amide bonds. The zero-order valence-electron chi connectivity index (χ0n) is 11.5. The summed E-state index contributed by atoms with van der Waals surface area (Å²) < 4.78 is 0. The summed E-state index contributed by atoms with van der Waals surface area (Å²) in [6.45, 7) is 2.23. The number of nitrogens with one attached hydrogen (secondary N) is 2. The van der Waals surface area contributed by atoms with E-state index < -0.39 is 0 Å². The van der Waals surface area contributed by atoms with E-state index in [1.807, 2.05) is 0 Å². The van der Waals surface area contributed by atoms with E-state index in [4.69, 9.17) is 11.6 Å². The first kappa shape index (κ1) is 13.6. The average Bonchev–Trinajstić information content (AvgIpc) is 3.04. The van der Waals surface area contributed by atoms with E-state index in [0.29, 0.717) is 22.6 Å². The summed E-state index contributed by atoms with van der Waals surface area (Å²) in [5.41, 5.74) is 0.301. The van der Waals surface area contributed by atoms with Crippen molar-refractivity contribution >= 4 is 23.3 Å². The second-order valence-corrected chi connectivity index (χ2v) is 5.80. The van der Waals surface area contributed by atoms with Crippen LogP contribution >= 0.6 is 11.6 Å². The predicted octanol–water partition coefficient (Wildman–Crippen LogP) is 1.74. The van der Waals surface area contributed by atoms with Crippen molar-refractivity contribution in [2.24, 2.45) is 0 Å². The van der Waals surface area contributed by atoms with E-state index in [1.54, 1.807) is 19.2 Å². The fraction of sp³-hybridized carbons (Fsp3) is 0.571. The summed E-state index contributed by atoms with van der Waals surface area (Å²) in [6.07, 6.45) is 3.41. The van der Waals surface area contributed by atoms with Gasteiger partial charge in [-0.15, -0.1) is 0 Å². The van der Waals surface area contributed by atoms with Crippen LogP contribution < -0.4 is 10.6 Å². The highest BCUT2D eigenvalue weighted by Crippen LogP contribution is 2.28. The first-order valence-corrected chi connectivity index (χ1v) is 7.46. The van der Waals surface area contributed by atoms with Crippen LogP contribution in [0.15, 0.2) is 12.1 Å². The van der Waals surface area contributed by atoms with Crippen molar-refractivity contribution in [3.8, 4) is 0 Å². The van der Waals surface area contributed by atoms with Gasteiger partial charge in [0.1, 0.15) is 11.5 Å². The number of fused-ring (bicyclic) bond motifs is 1. The molecule has 3 rings (SSSR count). The number of carbonyl (C=O) groups is 1. The molecule has 2 saturated heterocycles. The summed E-state index contributed by atoms with van der Waals surface area (Å²) in [5.74, 6) is 0.472. The number of pyridine rings is 1. The highest BCUT2D eigenvalue weighted by Gasteiger charge is 2.38. The minimum absolute atomic E-state index is 0.175. The molecule has 5 nitrogen and oxygen atoms in total. The van der Waals surface area contributed by atoms with E-state index in [1.165, 1.54) is 12.8 Å². The van der Waals surface area contributed by atoms with Crippen LogP contribution in [0.4, 0.5) is 5.82 Å². The molecule has 0 radical (unpaired) electrons. The van der Waals surface area contributed by atoms with Gasteiger partial charge in [-0.05, 0) is 37.9 Å². The van der Waals surface area contributed by atoms with Gasteiger partial charge in [0.15, 0.2) is 0 Å². The molecule has 2 fully saturated rings. The molecule has 1 aromatic rings. The second-order valence-electron chi connectivity index (χ2n) is 5.39. The Bertz CT molecular complexity index is 522. The van der Waals surface area contributed by atoms with E-state index in [9.17, 15) is 4.79 Å². The van der Waals surface area contributed by atoms with Gasteiger partial charge in [-0.1, -0.05) is 11.6 Å². The van der Waals surface area contributed by atoms with Crippen LogP contribution in [-0.4, -0.2) is 48.0 Å². The molecule has 2 aliphatic rings. The largest absolute Gasteiger partial charge is 0.373 e. The summed E-state index contributed by atoms with van der Waals surface area (Å²) in [7, 11) is 1.77. The average molecular weight is 295 g/mol. The number of hydrogen-bond donors (Lipinski definition) is 2. The molecule has 6 heteroatoms. The van der Waals surface area contributed by atoms with Crippen LogP contribution in [0.1, 0.15) is 29.8 Å². The van der Waals surface area contributed by atoms with Gasteiger partial charge in [0.05, 0.1) is 5.02 Å². The van der Waals surface area contributed by atoms with Crippen molar-refractivity contribution in [3.63, 3.8) is 0 Å². The van der Waals surface area contributed by atoms with E-state index >= 15 is 0 Å². The standard InChI is InChI=1S/C14H19ClN4O/c1-16-12-5-4-9(15)13(18-12)14(20)17-10-6-8-19-7-2-3-11(10)19/h4-5,10-11H,2-3,6-8H2,1H3,(H,16,18)(H,17,20). The van der Waals surface area contributed by atoms with E-state index in [2.05, 4.69) is 20.5 Å². The molecule has 0 bridgehead atoms. The number of halogens is 1. The Balaban J connectivity index is 1.73. The molecule has 108 valence electrons. The lowest BCUT2D eigenvalue weighted by Crippen LogP contribution is -2.42. The van der Waals surface area contributed by atoms with Crippen molar-refractivity contribution in [1.82, 2.24) is 15.2 Å². The normalized spacial score (nSPS) is 25.5. The van der Waals surface area contributed by atoms with Crippen LogP contribution in [0.25, 0.3) is 0 Å². The minimum atomic E-state index is -0.175. The van der Waals surface area contributed by atoms with Crippen molar-refractivity contribution in [2.75, 3.05) is 25.5 Å². The highest BCUT2D eigenvalue weighted by molar-refractivity contribution is 6.33. The van der Waals surface area contributed by atoms with Gasteiger partial charge in [-0.2, -0.15) is 0 Å². The third-order valence-electron chi connectivity index (χ3n) is 4.24. The number of anilines is 1. The summed E-state index contributed by atoms with van der Waals surface area (Å²) >= 11 is 6.08. The molecule has 1 aromatic heterocycles. The van der Waals surface area contributed by atoms with Crippen molar-refractivity contribution in [1.29, 1.82) is 0 Å². The molecule has 20 heavy (non-hydrogen) atoms. The molecule has 0 saturated carbocycles.